The van der Waals surface area contributed by atoms with Gasteiger partial charge in [-0.1, -0.05) is 6.92 Å². The summed E-state index contributed by atoms with van der Waals surface area (Å²) in [5.74, 6) is 0.882. The molecule has 1 heterocycles. The van der Waals surface area contributed by atoms with Gasteiger partial charge in [-0.2, -0.15) is 0 Å². The predicted octanol–water partition coefficient (Wildman–Crippen LogP) is 3.21. The zero-order chi connectivity index (χ0) is 13.7. The van der Waals surface area contributed by atoms with Crippen LogP contribution in [0.4, 0.5) is 5.69 Å². The molecule has 4 heteroatoms. The van der Waals surface area contributed by atoms with E-state index in [1.165, 1.54) is 0 Å². The average Bonchev–Trinajstić information content (AvgIpc) is 2.44. The lowest BCUT2D eigenvalue weighted by Crippen LogP contribution is -1.99. The molecule has 0 aliphatic carbocycles. The van der Waals surface area contributed by atoms with Crippen LogP contribution in [0.15, 0.2) is 24.3 Å². The standard InChI is InChI=1S/C15H20N2O2/c1-4-7-19-12-5-6-14-13(9-12)15(16-2)8-11(17-14)10-18-3/h5-6,8-9H,4,7,10H2,1-3H3,(H,16,17). The van der Waals surface area contributed by atoms with Gasteiger partial charge in [0.05, 0.1) is 24.4 Å². The van der Waals surface area contributed by atoms with Crippen molar-refractivity contribution in [2.24, 2.45) is 0 Å². The number of hydrogen-bond acceptors (Lipinski definition) is 4. The monoisotopic (exact) mass is 260 g/mol. The van der Waals surface area contributed by atoms with Gasteiger partial charge in [0.2, 0.25) is 0 Å². The first kappa shape index (κ1) is 13.6. The molecule has 1 aromatic heterocycles. The molecule has 0 amide bonds. The van der Waals surface area contributed by atoms with E-state index in [9.17, 15) is 0 Å². The maximum Gasteiger partial charge on any atom is 0.120 e. The van der Waals surface area contributed by atoms with Crippen molar-refractivity contribution in [1.29, 1.82) is 0 Å². The van der Waals surface area contributed by atoms with E-state index in [4.69, 9.17) is 9.47 Å². The smallest absolute Gasteiger partial charge is 0.120 e. The summed E-state index contributed by atoms with van der Waals surface area (Å²) in [5, 5.41) is 4.27. The van der Waals surface area contributed by atoms with Crippen molar-refractivity contribution >= 4 is 16.6 Å². The number of ether oxygens (including phenoxy) is 2. The normalized spacial score (nSPS) is 10.7. The summed E-state index contributed by atoms with van der Waals surface area (Å²) in [5.41, 5.74) is 2.91. The van der Waals surface area contributed by atoms with Crippen molar-refractivity contribution in [3.8, 4) is 5.75 Å². The Balaban J connectivity index is 2.43. The molecule has 0 aliphatic heterocycles. The Bertz CT molecular complexity index is 555. The van der Waals surface area contributed by atoms with Crippen molar-refractivity contribution in [3.05, 3.63) is 30.0 Å². The second-order valence-corrected chi connectivity index (χ2v) is 4.37. The van der Waals surface area contributed by atoms with Crippen LogP contribution < -0.4 is 10.1 Å². The number of rotatable bonds is 6. The number of nitrogens with zero attached hydrogens (tertiary/aromatic N) is 1. The molecule has 2 aromatic rings. The largest absolute Gasteiger partial charge is 0.494 e. The molecule has 0 spiro atoms. The molecular formula is C15H20N2O2. The summed E-state index contributed by atoms with van der Waals surface area (Å²) >= 11 is 0. The van der Waals surface area contributed by atoms with Gasteiger partial charge in [0.25, 0.3) is 0 Å². The third-order valence-corrected chi connectivity index (χ3v) is 2.87. The Kier molecular flexibility index (Phi) is 4.58. The number of anilines is 1. The Morgan fingerprint density at radius 2 is 2.11 bits per heavy atom. The fourth-order valence-electron chi connectivity index (χ4n) is 2.00. The molecule has 0 atom stereocenters. The van der Waals surface area contributed by atoms with Gasteiger partial charge in [-0.15, -0.1) is 0 Å². The maximum atomic E-state index is 5.66. The fraction of sp³-hybridized carbons (Fsp3) is 0.400. The highest BCUT2D eigenvalue weighted by molar-refractivity contribution is 5.92. The number of pyridine rings is 1. The Hall–Kier alpha value is -1.81. The molecule has 0 unspecified atom stereocenters. The lowest BCUT2D eigenvalue weighted by Gasteiger charge is -2.11. The molecule has 0 aliphatic rings. The second-order valence-electron chi connectivity index (χ2n) is 4.37. The molecule has 1 aromatic carbocycles. The minimum absolute atomic E-state index is 0.513. The van der Waals surface area contributed by atoms with Gasteiger partial charge >= 0.3 is 0 Å². The lowest BCUT2D eigenvalue weighted by atomic mass is 10.1. The molecule has 2 rings (SSSR count). The molecule has 4 nitrogen and oxygen atoms in total. The van der Waals surface area contributed by atoms with E-state index in [2.05, 4.69) is 17.2 Å². The SMILES string of the molecule is CCCOc1ccc2nc(COC)cc(NC)c2c1. The van der Waals surface area contributed by atoms with E-state index in [1.54, 1.807) is 7.11 Å². The zero-order valence-corrected chi connectivity index (χ0v) is 11.7. The summed E-state index contributed by atoms with van der Waals surface area (Å²) in [6.45, 7) is 3.34. The number of fused-ring (bicyclic) bond motifs is 1. The van der Waals surface area contributed by atoms with Crippen LogP contribution in [-0.4, -0.2) is 25.7 Å². The Morgan fingerprint density at radius 1 is 1.26 bits per heavy atom. The molecule has 1 N–H and O–H groups in total. The fourth-order valence-corrected chi connectivity index (χ4v) is 2.00. The van der Waals surface area contributed by atoms with Gasteiger partial charge in [0.1, 0.15) is 5.75 Å². The minimum atomic E-state index is 0.513. The van der Waals surface area contributed by atoms with Crippen molar-refractivity contribution in [2.75, 3.05) is 26.1 Å². The third-order valence-electron chi connectivity index (χ3n) is 2.87. The van der Waals surface area contributed by atoms with E-state index in [0.717, 1.165) is 41.1 Å². The first-order valence-electron chi connectivity index (χ1n) is 6.51. The molecule has 0 bridgehead atoms. The topological polar surface area (TPSA) is 43.4 Å². The number of nitrogens with one attached hydrogen (secondary N) is 1. The lowest BCUT2D eigenvalue weighted by molar-refractivity contribution is 0.182. The van der Waals surface area contributed by atoms with Crippen LogP contribution in [0.25, 0.3) is 10.9 Å². The highest BCUT2D eigenvalue weighted by Gasteiger charge is 2.06. The summed E-state index contributed by atoms with van der Waals surface area (Å²) < 4.78 is 10.8. The van der Waals surface area contributed by atoms with Crippen LogP contribution in [0.5, 0.6) is 5.75 Å². The molecular weight excluding hydrogens is 240 g/mol. The molecule has 0 saturated heterocycles. The highest BCUT2D eigenvalue weighted by atomic mass is 16.5. The van der Waals surface area contributed by atoms with Crippen molar-refractivity contribution < 1.29 is 9.47 Å². The molecule has 19 heavy (non-hydrogen) atoms. The first-order chi connectivity index (χ1) is 9.28. The highest BCUT2D eigenvalue weighted by Crippen LogP contribution is 2.27. The third kappa shape index (κ3) is 3.15. The number of aromatic nitrogens is 1. The van der Waals surface area contributed by atoms with Crippen LogP contribution in [0, 0.1) is 0 Å². The van der Waals surface area contributed by atoms with Gasteiger partial charge in [0, 0.05) is 25.2 Å². The summed E-state index contributed by atoms with van der Waals surface area (Å²) in [6.07, 6.45) is 1.00. The van der Waals surface area contributed by atoms with E-state index >= 15 is 0 Å². The predicted molar refractivity (Wildman–Crippen MR) is 77.8 cm³/mol. The summed E-state index contributed by atoms with van der Waals surface area (Å²) in [7, 11) is 3.58. The van der Waals surface area contributed by atoms with Crippen molar-refractivity contribution in [3.63, 3.8) is 0 Å². The van der Waals surface area contributed by atoms with Crippen LogP contribution in [-0.2, 0) is 11.3 Å². The maximum absolute atomic E-state index is 5.66. The van der Waals surface area contributed by atoms with E-state index in [0.29, 0.717) is 6.61 Å². The first-order valence-corrected chi connectivity index (χ1v) is 6.51. The molecule has 102 valence electrons. The Labute approximate surface area is 113 Å². The van der Waals surface area contributed by atoms with E-state index < -0.39 is 0 Å². The van der Waals surface area contributed by atoms with Gasteiger partial charge in [-0.05, 0) is 30.7 Å². The second kappa shape index (κ2) is 6.38. The van der Waals surface area contributed by atoms with Crippen molar-refractivity contribution in [1.82, 2.24) is 4.98 Å². The number of hydrogen-bond donors (Lipinski definition) is 1. The van der Waals surface area contributed by atoms with Crippen LogP contribution >= 0.6 is 0 Å². The van der Waals surface area contributed by atoms with E-state index in [-0.39, 0.29) is 0 Å². The molecule has 0 saturated carbocycles. The summed E-state index contributed by atoms with van der Waals surface area (Å²) in [4.78, 5) is 4.57. The van der Waals surface area contributed by atoms with E-state index in [1.807, 2.05) is 31.3 Å². The zero-order valence-electron chi connectivity index (χ0n) is 11.7. The van der Waals surface area contributed by atoms with Crippen LogP contribution in [0.2, 0.25) is 0 Å². The van der Waals surface area contributed by atoms with Gasteiger partial charge < -0.3 is 14.8 Å². The number of benzene rings is 1. The van der Waals surface area contributed by atoms with Gasteiger partial charge in [0.15, 0.2) is 0 Å². The number of methoxy groups -OCH3 is 1. The minimum Gasteiger partial charge on any atom is -0.494 e. The summed E-state index contributed by atoms with van der Waals surface area (Å²) in [6, 6.07) is 7.98. The van der Waals surface area contributed by atoms with Crippen molar-refractivity contribution in [2.45, 2.75) is 20.0 Å². The van der Waals surface area contributed by atoms with Crippen LogP contribution in [0.3, 0.4) is 0 Å². The average molecular weight is 260 g/mol. The quantitative estimate of drug-likeness (QED) is 0.866. The van der Waals surface area contributed by atoms with Gasteiger partial charge in [-0.25, -0.2) is 0 Å². The molecule has 0 radical (unpaired) electrons. The van der Waals surface area contributed by atoms with Gasteiger partial charge in [-0.3, -0.25) is 4.98 Å². The van der Waals surface area contributed by atoms with Crippen LogP contribution in [0.1, 0.15) is 19.0 Å². The Morgan fingerprint density at radius 3 is 2.79 bits per heavy atom. The molecule has 0 fully saturated rings.